The number of non-ortho nitro benzene ring substituents is 2. The molecule has 0 heterocycles. The fourth-order valence-electron chi connectivity index (χ4n) is 1.97. The average Bonchev–Trinajstić information content (AvgIpc) is 2.48. The molecular weight excluding hydrogens is 324 g/mol. The molecule has 2 rings (SSSR count). The first-order chi connectivity index (χ1) is 10.5. The van der Waals surface area contributed by atoms with Gasteiger partial charge in [-0.3, -0.25) is 26.1 Å². The third-order valence-corrected chi connectivity index (χ3v) is 3.07. The lowest BCUT2D eigenvalue weighted by molar-refractivity contribution is -0.385. The van der Waals surface area contributed by atoms with Gasteiger partial charge in [-0.05, 0) is 11.1 Å². The van der Waals surface area contributed by atoms with Gasteiger partial charge in [0, 0.05) is 37.4 Å². The average molecular weight is 338 g/mol. The number of nitro benzene ring substituents is 2. The number of benzene rings is 2. The van der Waals surface area contributed by atoms with Crippen molar-refractivity contribution in [3.63, 3.8) is 0 Å². The van der Waals surface area contributed by atoms with Crippen molar-refractivity contribution in [2.45, 2.75) is 13.1 Å². The molecule has 0 spiro atoms. The van der Waals surface area contributed by atoms with Crippen LogP contribution in [-0.4, -0.2) is 14.9 Å². The van der Waals surface area contributed by atoms with Gasteiger partial charge in [0.25, 0.3) is 11.4 Å². The molecule has 0 atom stereocenters. The summed E-state index contributed by atoms with van der Waals surface area (Å²) in [6.45, 7) is 0.823. The lowest BCUT2D eigenvalue weighted by Crippen LogP contribution is -3.00. The summed E-state index contributed by atoms with van der Waals surface area (Å²) < 4.78 is 0. The van der Waals surface area contributed by atoms with E-state index in [1.807, 2.05) is 0 Å². The maximum absolute atomic E-state index is 10.6. The smallest absolute Gasteiger partial charge is 0.269 e. The standard InChI is InChI=1S/C14H14N4O4.ClH/c15-16(9-11-1-5-13(6-2-11)17(19)20)10-12-3-7-14(8-4-12)18(21)22;/h1-8H,9-10,15H2;1H/p-1. The van der Waals surface area contributed by atoms with Crippen molar-refractivity contribution >= 4 is 11.4 Å². The highest BCUT2D eigenvalue weighted by Gasteiger charge is 2.08. The zero-order valence-electron chi connectivity index (χ0n) is 12.0. The predicted octanol–water partition coefficient (Wildman–Crippen LogP) is -0.617. The van der Waals surface area contributed by atoms with Crippen molar-refractivity contribution in [1.82, 2.24) is 5.01 Å². The normalized spacial score (nSPS) is 10.2. The van der Waals surface area contributed by atoms with Crippen LogP contribution >= 0.6 is 0 Å². The molecule has 0 saturated carbocycles. The number of hydrazine groups is 1. The maximum Gasteiger partial charge on any atom is 0.269 e. The van der Waals surface area contributed by atoms with Crippen LogP contribution in [0.25, 0.3) is 0 Å². The van der Waals surface area contributed by atoms with Crippen LogP contribution in [-0.2, 0) is 13.1 Å². The fourth-order valence-corrected chi connectivity index (χ4v) is 1.97. The van der Waals surface area contributed by atoms with E-state index in [0.717, 1.165) is 11.1 Å². The summed E-state index contributed by atoms with van der Waals surface area (Å²) in [7, 11) is 0. The predicted molar refractivity (Wildman–Crippen MR) is 79.6 cm³/mol. The van der Waals surface area contributed by atoms with E-state index in [4.69, 9.17) is 5.84 Å². The minimum Gasteiger partial charge on any atom is -1.00 e. The fraction of sp³-hybridized carbons (Fsp3) is 0.143. The van der Waals surface area contributed by atoms with Crippen molar-refractivity contribution < 1.29 is 22.3 Å². The molecule has 0 amide bonds. The molecule has 2 aromatic carbocycles. The number of halogens is 1. The molecule has 2 N–H and O–H groups in total. The maximum atomic E-state index is 10.6. The Balaban J connectivity index is 0.00000264. The Kier molecular flexibility index (Phi) is 6.58. The summed E-state index contributed by atoms with van der Waals surface area (Å²) in [5.41, 5.74) is 1.75. The quantitative estimate of drug-likeness (QED) is 0.427. The van der Waals surface area contributed by atoms with E-state index in [0.29, 0.717) is 13.1 Å². The van der Waals surface area contributed by atoms with Crippen LogP contribution in [0.1, 0.15) is 11.1 Å². The topological polar surface area (TPSA) is 116 Å². The van der Waals surface area contributed by atoms with E-state index < -0.39 is 9.85 Å². The van der Waals surface area contributed by atoms with Crippen molar-refractivity contribution in [1.29, 1.82) is 0 Å². The Morgan fingerprint density at radius 3 is 1.35 bits per heavy atom. The Morgan fingerprint density at radius 2 is 1.09 bits per heavy atom. The second-order valence-electron chi connectivity index (χ2n) is 4.75. The monoisotopic (exact) mass is 337 g/mol. The Hall–Kier alpha value is -2.55. The lowest BCUT2D eigenvalue weighted by atomic mass is 10.1. The molecule has 0 aliphatic rings. The molecule has 0 fully saturated rings. The number of nitrogens with two attached hydrogens (primary N) is 1. The van der Waals surface area contributed by atoms with Gasteiger partial charge in [0.05, 0.1) is 9.85 Å². The van der Waals surface area contributed by atoms with E-state index in [-0.39, 0.29) is 23.8 Å². The van der Waals surface area contributed by atoms with Crippen LogP contribution in [0.15, 0.2) is 48.5 Å². The van der Waals surface area contributed by atoms with Gasteiger partial charge in [-0.15, -0.1) is 0 Å². The van der Waals surface area contributed by atoms with Gasteiger partial charge < -0.3 is 12.4 Å². The van der Waals surface area contributed by atoms with E-state index in [9.17, 15) is 20.2 Å². The first kappa shape index (κ1) is 18.5. The zero-order chi connectivity index (χ0) is 16.1. The molecule has 8 nitrogen and oxygen atoms in total. The molecule has 0 unspecified atom stereocenters. The van der Waals surface area contributed by atoms with Crippen LogP contribution in [0.2, 0.25) is 0 Å². The van der Waals surface area contributed by atoms with Crippen molar-refractivity contribution in [3.05, 3.63) is 79.9 Å². The van der Waals surface area contributed by atoms with E-state index in [2.05, 4.69) is 0 Å². The molecular formula is C14H14ClN4O4-. The number of hydrogen-bond donors (Lipinski definition) is 1. The summed E-state index contributed by atoms with van der Waals surface area (Å²) in [4.78, 5) is 20.2. The first-order valence-electron chi connectivity index (χ1n) is 6.42. The van der Waals surface area contributed by atoms with Crippen molar-refractivity contribution in [2.75, 3.05) is 0 Å². The molecule has 23 heavy (non-hydrogen) atoms. The van der Waals surface area contributed by atoms with Crippen LogP contribution in [0, 0.1) is 20.2 Å². The molecule has 9 heteroatoms. The SMILES string of the molecule is NN(Cc1ccc([N+](=O)[O-])cc1)Cc1ccc([N+](=O)[O-])cc1.[Cl-]. The van der Waals surface area contributed by atoms with Crippen LogP contribution < -0.4 is 18.2 Å². The van der Waals surface area contributed by atoms with Crippen molar-refractivity contribution in [2.24, 2.45) is 5.84 Å². The van der Waals surface area contributed by atoms with Crippen LogP contribution in [0.3, 0.4) is 0 Å². The number of nitro groups is 2. The number of rotatable bonds is 6. The van der Waals surface area contributed by atoms with Crippen molar-refractivity contribution in [3.8, 4) is 0 Å². The minimum absolute atomic E-state index is 0. The third-order valence-electron chi connectivity index (χ3n) is 3.07. The molecule has 0 aliphatic heterocycles. The van der Waals surface area contributed by atoms with Gasteiger partial charge in [0.1, 0.15) is 0 Å². The summed E-state index contributed by atoms with van der Waals surface area (Å²) in [6.07, 6.45) is 0. The van der Waals surface area contributed by atoms with Gasteiger partial charge in [0.2, 0.25) is 0 Å². The Labute approximate surface area is 138 Å². The Morgan fingerprint density at radius 1 is 0.783 bits per heavy atom. The second kappa shape index (κ2) is 8.18. The van der Waals surface area contributed by atoms with Gasteiger partial charge in [0.15, 0.2) is 0 Å². The Bertz CT molecular complexity index is 617. The van der Waals surface area contributed by atoms with E-state index >= 15 is 0 Å². The van der Waals surface area contributed by atoms with Crippen LogP contribution in [0.5, 0.6) is 0 Å². The van der Waals surface area contributed by atoms with Gasteiger partial charge >= 0.3 is 0 Å². The summed E-state index contributed by atoms with van der Waals surface area (Å²) in [6, 6.07) is 12.3. The molecule has 0 aromatic heterocycles. The highest BCUT2D eigenvalue weighted by Crippen LogP contribution is 2.15. The molecule has 2 aromatic rings. The second-order valence-corrected chi connectivity index (χ2v) is 4.75. The number of nitrogens with zero attached hydrogens (tertiary/aromatic N) is 3. The third kappa shape index (κ3) is 5.29. The van der Waals surface area contributed by atoms with Gasteiger partial charge in [-0.1, -0.05) is 24.3 Å². The summed E-state index contributed by atoms with van der Waals surface area (Å²) >= 11 is 0. The molecule has 0 saturated heterocycles. The molecule has 0 bridgehead atoms. The summed E-state index contributed by atoms with van der Waals surface area (Å²) in [5.74, 6) is 5.90. The van der Waals surface area contributed by atoms with E-state index in [1.54, 1.807) is 24.3 Å². The summed E-state index contributed by atoms with van der Waals surface area (Å²) in [5, 5.41) is 22.7. The highest BCUT2D eigenvalue weighted by molar-refractivity contribution is 5.34. The van der Waals surface area contributed by atoms with Gasteiger partial charge in [-0.2, -0.15) is 0 Å². The molecule has 0 aliphatic carbocycles. The number of hydrogen-bond acceptors (Lipinski definition) is 6. The molecule has 122 valence electrons. The highest BCUT2D eigenvalue weighted by atomic mass is 35.5. The van der Waals surface area contributed by atoms with Gasteiger partial charge in [-0.25, -0.2) is 5.01 Å². The lowest BCUT2D eigenvalue weighted by Gasteiger charge is -2.16. The molecule has 0 radical (unpaired) electrons. The van der Waals surface area contributed by atoms with Crippen LogP contribution in [0.4, 0.5) is 11.4 Å². The van der Waals surface area contributed by atoms with E-state index in [1.165, 1.54) is 29.3 Å². The minimum atomic E-state index is -0.457. The largest absolute Gasteiger partial charge is 1.00 e. The first-order valence-corrected chi connectivity index (χ1v) is 6.42. The zero-order valence-corrected chi connectivity index (χ0v) is 12.7.